The molecule has 138 valence electrons. The summed E-state index contributed by atoms with van der Waals surface area (Å²) in [6.07, 6.45) is 0.488. The normalized spacial score (nSPS) is 17.3. The molecule has 0 radical (unpaired) electrons. The highest BCUT2D eigenvalue weighted by Gasteiger charge is 2.28. The van der Waals surface area contributed by atoms with Crippen molar-refractivity contribution < 1.29 is 28.5 Å². The quantitative estimate of drug-likeness (QED) is 0.650. The maximum absolute atomic E-state index is 14.1. The van der Waals surface area contributed by atoms with Gasteiger partial charge >= 0.3 is 6.09 Å². The molecule has 1 atom stereocenters. The highest BCUT2D eigenvalue weighted by molar-refractivity contribution is 7.15. The highest BCUT2D eigenvalue weighted by atomic mass is 32.1. The fourth-order valence-corrected chi connectivity index (χ4v) is 2.31. The van der Waals surface area contributed by atoms with Gasteiger partial charge in [-0.15, -0.1) is 0 Å². The van der Waals surface area contributed by atoms with Gasteiger partial charge in [0.2, 0.25) is 0 Å². The van der Waals surface area contributed by atoms with E-state index in [2.05, 4.69) is 10.3 Å². The number of nitrogens with two attached hydrogens (primary N) is 1. The Morgan fingerprint density at radius 2 is 2.21 bits per heavy atom. The second-order valence-corrected chi connectivity index (χ2v) is 6.75. The molecule has 1 aromatic rings. The molecule has 0 saturated heterocycles. The Kier molecular flexibility index (Phi) is 5.39. The number of alkyl halides is 2. The number of aromatic nitrogens is 1. The minimum atomic E-state index is -4.55. The number of halogens is 2. The first-order chi connectivity index (χ1) is 12.5. The van der Waals surface area contributed by atoms with Gasteiger partial charge < -0.3 is 20.5 Å². The number of amides is 1. The van der Waals surface area contributed by atoms with Crippen LogP contribution in [-0.2, 0) is 9.47 Å². The fourth-order valence-electron chi connectivity index (χ4n) is 1.47. The summed E-state index contributed by atoms with van der Waals surface area (Å²) >= 11 is 0.892. The molecule has 0 saturated carbocycles. The third-order valence-corrected chi connectivity index (χ3v) is 3.42. The van der Waals surface area contributed by atoms with E-state index in [1.807, 2.05) is 5.32 Å². The van der Waals surface area contributed by atoms with E-state index < -0.39 is 36.7 Å². The third kappa shape index (κ3) is 7.47. The Bertz CT molecular complexity index is 680. The van der Waals surface area contributed by atoms with Crippen molar-refractivity contribution in [3.05, 3.63) is 11.1 Å². The Labute approximate surface area is 149 Å². The van der Waals surface area contributed by atoms with Gasteiger partial charge in [-0.3, -0.25) is 5.32 Å². The van der Waals surface area contributed by atoms with Gasteiger partial charge in [0.15, 0.2) is 5.13 Å². The molecule has 0 spiro atoms. The minimum Gasteiger partial charge on any atom is -0.444 e. The maximum Gasteiger partial charge on any atom is 0.413 e. The number of nitrogens with zero attached hydrogens (tertiary/aromatic N) is 1. The van der Waals surface area contributed by atoms with E-state index in [4.69, 9.17) is 20.7 Å². The molecule has 4 N–H and O–H groups in total. The number of hydrogen-bond acceptors (Lipinski definition) is 7. The molecule has 1 heterocycles. The number of nitrogens with one attached hydrogen (secondary N) is 2. The number of thiazole rings is 1. The predicted molar refractivity (Wildman–Crippen MR) is 88.6 cm³/mol. The topological polar surface area (TPSA) is 98.5 Å². The average Bonchev–Trinajstić information content (AvgIpc) is 2.91. The zero-order chi connectivity index (χ0) is 22.0. The largest absolute Gasteiger partial charge is 0.444 e. The van der Waals surface area contributed by atoms with Crippen molar-refractivity contribution in [2.75, 3.05) is 32.0 Å². The van der Waals surface area contributed by atoms with E-state index in [-0.39, 0.29) is 16.6 Å². The number of ether oxygens (including phenoxy) is 2. The summed E-state index contributed by atoms with van der Waals surface area (Å²) in [5.74, 6) is -4.55. The lowest BCUT2D eigenvalue weighted by molar-refractivity contribution is 0.00631. The van der Waals surface area contributed by atoms with Gasteiger partial charge in [-0.05, 0) is 20.8 Å². The van der Waals surface area contributed by atoms with Crippen LogP contribution in [0, 0.1) is 0 Å². The smallest absolute Gasteiger partial charge is 0.413 e. The van der Waals surface area contributed by atoms with Crippen LogP contribution >= 0.6 is 11.3 Å². The Balaban J connectivity index is 2.99. The first kappa shape index (κ1) is 14.9. The fraction of sp³-hybridized carbons (Fsp3) is 0.714. The standard InChI is InChI=1S/C14H24F2N4O3S/c1-13(2,3)23-12(21)20-11-18-5-10(24-11)9(6-22-4)19-8-14(15,16)7-17/h5,9,19H,6-8,17H2,1-4H3,(H,18,20,21)/i7D2,8D2. The first-order valence-corrected chi connectivity index (χ1v) is 7.71. The minimum absolute atomic E-state index is 0.105. The number of hydrogen-bond donors (Lipinski definition) is 3. The zero-order valence-corrected chi connectivity index (χ0v) is 14.6. The maximum atomic E-state index is 14.1. The van der Waals surface area contributed by atoms with Gasteiger partial charge in [0.1, 0.15) is 5.60 Å². The summed E-state index contributed by atoms with van der Waals surface area (Å²) in [4.78, 5) is 16.0. The van der Waals surface area contributed by atoms with Crippen molar-refractivity contribution >= 4 is 22.6 Å². The SMILES string of the molecule is [2H]C([2H])(N)C(F)(F)C([2H])([2H])NC(COC)c1cnc(NC(=O)OC(C)(C)C)s1. The Morgan fingerprint density at radius 3 is 2.75 bits per heavy atom. The van der Waals surface area contributed by atoms with E-state index >= 15 is 0 Å². The summed E-state index contributed by atoms with van der Waals surface area (Å²) in [5, 5.41) is 4.52. The van der Waals surface area contributed by atoms with Crippen LogP contribution in [0.15, 0.2) is 6.20 Å². The second-order valence-electron chi connectivity index (χ2n) is 5.69. The molecule has 0 aliphatic heterocycles. The van der Waals surface area contributed by atoms with Gasteiger partial charge in [0, 0.05) is 23.7 Å². The van der Waals surface area contributed by atoms with E-state index in [9.17, 15) is 13.6 Å². The molecule has 10 heteroatoms. The van der Waals surface area contributed by atoms with Crippen LogP contribution in [0.1, 0.15) is 37.2 Å². The lowest BCUT2D eigenvalue weighted by Crippen LogP contribution is -2.41. The van der Waals surface area contributed by atoms with Crippen LogP contribution in [0.25, 0.3) is 0 Å². The Morgan fingerprint density at radius 1 is 1.54 bits per heavy atom. The zero-order valence-electron chi connectivity index (χ0n) is 17.8. The highest BCUT2D eigenvalue weighted by Crippen LogP contribution is 2.26. The number of rotatable bonds is 8. The van der Waals surface area contributed by atoms with Gasteiger partial charge in [0.25, 0.3) is 5.92 Å². The first-order valence-electron chi connectivity index (χ1n) is 8.89. The van der Waals surface area contributed by atoms with Gasteiger partial charge in [-0.25, -0.2) is 18.6 Å². The van der Waals surface area contributed by atoms with Crippen molar-refractivity contribution in [1.29, 1.82) is 0 Å². The molecule has 7 nitrogen and oxygen atoms in total. The lowest BCUT2D eigenvalue weighted by atomic mass is 10.2. The molecule has 24 heavy (non-hydrogen) atoms. The molecular formula is C14H24F2N4O3S. The molecule has 0 aliphatic rings. The average molecular weight is 370 g/mol. The number of carbonyl (C=O) groups is 1. The predicted octanol–water partition coefficient (Wildman–Crippen LogP) is 2.36. The molecule has 0 fully saturated rings. The summed E-state index contributed by atoms with van der Waals surface area (Å²) in [5.41, 5.74) is 4.07. The van der Waals surface area contributed by atoms with Crippen LogP contribution in [0.3, 0.4) is 0 Å². The van der Waals surface area contributed by atoms with Gasteiger partial charge in [0.05, 0.1) is 25.6 Å². The van der Waals surface area contributed by atoms with Crippen molar-refractivity contribution in [2.24, 2.45) is 5.73 Å². The van der Waals surface area contributed by atoms with Gasteiger partial charge in [-0.1, -0.05) is 11.3 Å². The number of anilines is 1. The van der Waals surface area contributed by atoms with E-state index in [0.29, 0.717) is 0 Å². The Hall–Kier alpha value is -1.36. The molecule has 1 rings (SSSR count). The lowest BCUT2D eigenvalue weighted by Gasteiger charge is -2.20. The van der Waals surface area contributed by atoms with E-state index in [1.165, 1.54) is 13.3 Å². The third-order valence-electron chi connectivity index (χ3n) is 2.39. The van der Waals surface area contributed by atoms with Crippen molar-refractivity contribution in [3.8, 4) is 0 Å². The summed E-state index contributed by atoms with van der Waals surface area (Å²) < 4.78 is 67.4. The molecular weight excluding hydrogens is 342 g/mol. The number of methoxy groups -OCH3 is 1. The summed E-state index contributed by atoms with van der Waals surface area (Å²) in [6.45, 7) is -2.29. The van der Waals surface area contributed by atoms with Crippen LogP contribution in [0.4, 0.5) is 18.7 Å². The number of carbonyl (C=O) groups excluding carboxylic acids is 1. The molecule has 1 unspecified atom stereocenters. The molecule has 0 bridgehead atoms. The molecule has 0 aliphatic carbocycles. The summed E-state index contributed by atoms with van der Waals surface area (Å²) in [6, 6.07) is -1.11. The van der Waals surface area contributed by atoms with Crippen LogP contribution < -0.4 is 16.4 Å². The van der Waals surface area contributed by atoms with Gasteiger partial charge in [-0.2, -0.15) is 0 Å². The molecule has 1 amide bonds. The van der Waals surface area contributed by atoms with Crippen molar-refractivity contribution in [2.45, 2.75) is 38.3 Å². The van der Waals surface area contributed by atoms with Crippen LogP contribution in [0.2, 0.25) is 0 Å². The van der Waals surface area contributed by atoms with E-state index in [0.717, 1.165) is 11.3 Å². The summed E-state index contributed by atoms with van der Waals surface area (Å²) in [7, 11) is 1.28. The second kappa shape index (κ2) is 8.65. The molecule has 0 aromatic carbocycles. The van der Waals surface area contributed by atoms with Crippen LogP contribution in [-0.4, -0.2) is 49.3 Å². The van der Waals surface area contributed by atoms with Crippen molar-refractivity contribution in [1.82, 2.24) is 10.3 Å². The van der Waals surface area contributed by atoms with Crippen LogP contribution in [0.5, 0.6) is 0 Å². The van der Waals surface area contributed by atoms with Crippen molar-refractivity contribution in [3.63, 3.8) is 0 Å². The molecule has 1 aromatic heterocycles. The van der Waals surface area contributed by atoms with E-state index in [1.54, 1.807) is 20.8 Å². The monoisotopic (exact) mass is 370 g/mol.